The van der Waals surface area contributed by atoms with E-state index in [2.05, 4.69) is 59.7 Å². The lowest BCUT2D eigenvalue weighted by molar-refractivity contribution is 0.549. The number of aromatic nitrogens is 2. The van der Waals surface area contributed by atoms with E-state index in [9.17, 15) is 8.42 Å². The molecule has 0 amide bonds. The van der Waals surface area contributed by atoms with Crippen molar-refractivity contribution in [2.75, 3.05) is 34.9 Å². The monoisotopic (exact) mass is 532 g/mol. The van der Waals surface area contributed by atoms with Crippen LogP contribution in [-0.2, 0) is 10.0 Å². The van der Waals surface area contributed by atoms with Gasteiger partial charge in [0.05, 0.1) is 18.0 Å². The van der Waals surface area contributed by atoms with Crippen LogP contribution in [0.4, 0.5) is 17.1 Å². The Kier molecular flexibility index (Phi) is 6.61. The van der Waals surface area contributed by atoms with E-state index in [-0.39, 0.29) is 12.1 Å². The molecule has 10 heteroatoms. The molecule has 1 aliphatic heterocycles. The molecule has 0 radical (unpaired) electrons. The van der Waals surface area contributed by atoms with Crippen molar-refractivity contribution in [2.24, 2.45) is 0 Å². The highest BCUT2D eigenvalue weighted by Gasteiger charge is 2.42. The lowest BCUT2D eigenvalue weighted by atomic mass is 10.0. The van der Waals surface area contributed by atoms with Crippen LogP contribution in [0.5, 0.6) is 0 Å². The third-order valence-electron chi connectivity index (χ3n) is 6.27. The van der Waals surface area contributed by atoms with Crippen LogP contribution in [0.25, 0.3) is 5.69 Å². The van der Waals surface area contributed by atoms with Crippen LogP contribution < -0.4 is 19.8 Å². The molecule has 4 aromatic rings. The summed E-state index contributed by atoms with van der Waals surface area (Å²) in [6, 6.07) is 25.2. The molecule has 1 aliphatic rings. The molecule has 5 rings (SSSR count). The first kappa shape index (κ1) is 24.8. The smallest absolute Gasteiger partial charge is 0.229 e. The molecule has 2 aromatic carbocycles. The van der Waals surface area contributed by atoms with Crippen molar-refractivity contribution in [2.45, 2.75) is 12.1 Å². The molecule has 0 spiro atoms. The zero-order valence-corrected chi connectivity index (χ0v) is 22.4. The van der Waals surface area contributed by atoms with E-state index in [1.54, 1.807) is 18.3 Å². The summed E-state index contributed by atoms with van der Waals surface area (Å²) in [4.78, 5) is 8.77. The molecule has 37 heavy (non-hydrogen) atoms. The number of hydrogen-bond donors (Lipinski definition) is 2. The Morgan fingerprint density at radius 2 is 1.65 bits per heavy atom. The molecule has 8 nitrogen and oxygen atoms in total. The quantitative estimate of drug-likeness (QED) is 0.340. The standard InChI is InChI=1S/C27H28N6O2S2/c1-31(2)20-13-15-21(16-14-20)32-18-6-8-24(32)26-25(23-7-4-5-17-28-23)29-27(36)33(26)22-11-9-19(10-12-22)30-37(3,34)35/h4-18,25-26,30H,1-3H3,(H,29,36)/t25-,26-/m0/s1. The second-order valence-electron chi connectivity index (χ2n) is 9.13. The van der Waals surface area contributed by atoms with Crippen molar-refractivity contribution in [3.8, 4) is 5.69 Å². The van der Waals surface area contributed by atoms with Crippen LogP contribution in [-0.4, -0.2) is 43.4 Å². The van der Waals surface area contributed by atoms with E-state index in [1.807, 2.05) is 56.7 Å². The highest BCUT2D eigenvalue weighted by atomic mass is 32.2. The molecular formula is C27H28N6O2S2. The number of thiocarbonyl (C=S) groups is 1. The van der Waals surface area contributed by atoms with Crippen LogP contribution in [0.3, 0.4) is 0 Å². The molecule has 0 unspecified atom stereocenters. The average Bonchev–Trinajstić information content (AvgIpc) is 3.48. The number of anilines is 3. The summed E-state index contributed by atoms with van der Waals surface area (Å²) in [6.45, 7) is 0. The molecule has 190 valence electrons. The number of benzene rings is 2. The van der Waals surface area contributed by atoms with Gasteiger partial charge < -0.3 is 19.7 Å². The van der Waals surface area contributed by atoms with Gasteiger partial charge >= 0.3 is 0 Å². The van der Waals surface area contributed by atoms with Crippen LogP contribution in [0, 0.1) is 0 Å². The van der Waals surface area contributed by atoms with E-state index in [0.717, 1.165) is 34.7 Å². The molecule has 0 saturated carbocycles. The molecule has 0 aliphatic carbocycles. The third-order valence-corrected chi connectivity index (χ3v) is 7.20. The second-order valence-corrected chi connectivity index (χ2v) is 11.3. The third kappa shape index (κ3) is 5.16. The van der Waals surface area contributed by atoms with Gasteiger partial charge in [-0.25, -0.2) is 8.42 Å². The van der Waals surface area contributed by atoms with Gasteiger partial charge in [-0.1, -0.05) is 6.07 Å². The zero-order chi connectivity index (χ0) is 26.2. The lowest BCUT2D eigenvalue weighted by Crippen LogP contribution is -2.30. The SMILES string of the molecule is CN(C)c1ccc(-n2cccc2[C@H]2[C@H](c3ccccn3)NC(=S)N2c2ccc(NS(C)(=O)=O)cc2)cc1. The predicted octanol–water partition coefficient (Wildman–Crippen LogP) is 4.49. The van der Waals surface area contributed by atoms with Gasteiger partial charge in [-0.2, -0.15) is 0 Å². The summed E-state index contributed by atoms with van der Waals surface area (Å²) < 4.78 is 28.0. The van der Waals surface area contributed by atoms with Crippen LogP contribution >= 0.6 is 12.2 Å². The number of sulfonamides is 1. The normalized spacial score (nSPS) is 17.5. The number of nitrogens with zero attached hydrogens (tertiary/aromatic N) is 4. The fourth-order valence-electron chi connectivity index (χ4n) is 4.62. The Bertz CT molecular complexity index is 1500. The van der Waals surface area contributed by atoms with Gasteiger partial charge in [-0.05, 0) is 85.0 Å². The molecule has 0 bridgehead atoms. The Hall–Kier alpha value is -3.89. The summed E-state index contributed by atoms with van der Waals surface area (Å²) in [5.74, 6) is 0. The van der Waals surface area contributed by atoms with Crippen molar-refractivity contribution in [3.05, 3.63) is 103 Å². The van der Waals surface area contributed by atoms with Gasteiger partial charge in [0.15, 0.2) is 5.11 Å². The maximum absolute atomic E-state index is 11.7. The van der Waals surface area contributed by atoms with Crippen LogP contribution in [0.15, 0.2) is 91.3 Å². The highest BCUT2D eigenvalue weighted by Crippen LogP contribution is 2.42. The first-order chi connectivity index (χ1) is 17.7. The van der Waals surface area contributed by atoms with E-state index >= 15 is 0 Å². The highest BCUT2D eigenvalue weighted by molar-refractivity contribution is 7.92. The number of hydrogen-bond acceptors (Lipinski definition) is 5. The lowest BCUT2D eigenvalue weighted by Gasteiger charge is -2.29. The Morgan fingerprint density at radius 3 is 2.27 bits per heavy atom. The number of rotatable bonds is 7. The van der Waals surface area contributed by atoms with Crippen molar-refractivity contribution < 1.29 is 8.42 Å². The maximum Gasteiger partial charge on any atom is 0.229 e. The fourth-order valence-corrected chi connectivity index (χ4v) is 5.53. The Morgan fingerprint density at radius 1 is 0.946 bits per heavy atom. The summed E-state index contributed by atoms with van der Waals surface area (Å²) in [5, 5.41) is 4.05. The van der Waals surface area contributed by atoms with Gasteiger partial charge in [0.1, 0.15) is 6.04 Å². The summed E-state index contributed by atoms with van der Waals surface area (Å²) >= 11 is 5.84. The zero-order valence-electron chi connectivity index (χ0n) is 20.7. The van der Waals surface area contributed by atoms with E-state index in [4.69, 9.17) is 12.2 Å². The van der Waals surface area contributed by atoms with Crippen molar-refractivity contribution in [1.29, 1.82) is 0 Å². The number of nitrogens with one attached hydrogen (secondary N) is 2. The van der Waals surface area contributed by atoms with E-state index in [0.29, 0.717) is 10.8 Å². The minimum Gasteiger partial charge on any atom is -0.378 e. The van der Waals surface area contributed by atoms with E-state index < -0.39 is 10.0 Å². The first-order valence-electron chi connectivity index (χ1n) is 11.7. The minimum absolute atomic E-state index is 0.197. The topological polar surface area (TPSA) is 82.5 Å². The van der Waals surface area contributed by atoms with Crippen molar-refractivity contribution in [1.82, 2.24) is 14.9 Å². The molecule has 2 aromatic heterocycles. The van der Waals surface area contributed by atoms with Gasteiger partial charge in [-0.15, -0.1) is 0 Å². The maximum atomic E-state index is 11.7. The Labute approximate surface area is 222 Å². The fraction of sp³-hybridized carbons (Fsp3) is 0.185. The summed E-state index contributed by atoms with van der Waals surface area (Å²) in [6.07, 6.45) is 4.96. The van der Waals surface area contributed by atoms with Crippen molar-refractivity contribution >= 4 is 44.4 Å². The van der Waals surface area contributed by atoms with Crippen molar-refractivity contribution in [3.63, 3.8) is 0 Å². The van der Waals surface area contributed by atoms with E-state index in [1.165, 1.54) is 0 Å². The van der Waals surface area contributed by atoms with Gasteiger partial charge in [0, 0.05) is 54.9 Å². The minimum atomic E-state index is -3.37. The number of pyridine rings is 1. The van der Waals surface area contributed by atoms with Crippen LogP contribution in [0.1, 0.15) is 23.5 Å². The molecule has 2 N–H and O–H groups in total. The molecule has 1 fully saturated rings. The van der Waals surface area contributed by atoms with Gasteiger partial charge in [0.25, 0.3) is 0 Å². The first-order valence-corrected chi connectivity index (χ1v) is 14.0. The summed E-state index contributed by atoms with van der Waals surface area (Å²) in [7, 11) is 0.670. The molecule has 3 heterocycles. The second kappa shape index (κ2) is 9.87. The Balaban J connectivity index is 1.59. The van der Waals surface area contributed by atoms with Gasteiger partial charge in [-0.3, -0.25) is 9.71 Å². The van der Waals surface area contributed by atoms with Crippen LogP contribution in [0.2, 0.25) is 0 Å². The van der Waals surface area contributed by atoms with Gasteiger partial charge in [0.2, 0.25) is 10.0 Å². The summed E-state index contributed by atoms with van der Waals surface area (Å²) in [5.41, 5.74) is 5.41. The predicted molar refractivity (Wildman–Crippen MR) is 153 cm³/mol. The largest absolute Gasteiger partial charge is 0.378 e. The molecular weight excluding hydrogens is 504 g/mol. The molecule has 1 saturated heterocycles. The molecule has 2 atom stereocenters. The average molecular weight is 533 g/mol.